The molecule has 4 nitrogen and oxygen atoms in total. The molecule has 1 aliphatic rings. The Morgan fingerprint density at radius 1 is 1.40 bits per heavy atom. The Labute approximate surface area is 126 Å². The van der Waals surface area contributed by atoms with Crippen LogP contribution in [0.4, 0.5) is 0 Å². The lowest BCUT2D eigenvalue weighted by Gasteiger charge is -2.21. The van der Waals surface area contributed by atoms with Gasteiger partial charge in [-0.3, -0.25) is 0 Å². The summed E-state index contributed by atoms with van der Waals surface area (Å²) in [6, 6.07) is 4.48. The highest BCUT2D eigenvalue weighted by molar-refractivity contribution is 7.89. The summed E-state index contributed by atoms with van der Waals surface area (Å²) in [6.07, 6.45) is 3.14. The van der Waals surface area contributed by atoms with Crippen molar-refractivity contribution in [2.75, 3.05) is 12.3 Å². The highest BCUT2D eigenvalue weighted by Crippen LogP contribution is 2.26. The van der Waals surface area contributed by atoms with E-state index in [1.54, 1.807) is 11.3 Å². The van der Waals surface area contributed by atoms with Crippen LogP contribution in [-0.2, 0) is 10.0 Å². The third-order valence-corrected chi connectivity index (χ3v) is 5.82. The Hall–Kier alpha value is -0.430. The molecule has 0 amide bonds. The van der Waals surface area contributed by atoms with E-state index in [2.05, 4.69) is 10.0 Å². The molecule has 2 N–H and O–H groups in total. The van der Waals surface area contributed by atoms with E-state index >= 15 is 0 Å². The zero-order chi connectivity index (χ0) is 14.6. The molecule has 1 saturated carbocycles. The zero-order valence-corrected chi connectivity index (χ0v) is 13.8. The SMILES string of the molecule is CC(C)C(NS(=O)(=O)CCCNC1CC1)c1cccs1. The monoisotopic (exact) mass is 316 g/mol. The molecule has 1 aliphatic carbocycles. The molecule has 0 aliphatic heterocycles. The second-order valence-electron chi connectivity index (χ2n) is 5.76. The van der Waals surface area contributed by atoms with Gasteiger partial charge in [-0.25, -0.2) is 13.1 Å². The molecule has 0 radical (unpaired) electrons. The normalized spacial score (nSPS) is 17.6. The van der Waals surface area contributed by atoms with Gasteiger partial charge in [-0.15, -0.1) is 11.3 Å². The smallest absolute Gasteiger partial charge is 0.212 e. The van der Waals surface area contributed by atoms with Crippen LogP contribution in [0.1, 0.15) is 44.0 Å². The highest BCUT2D eigenvalue weighted by atomic mass is 32.2. The number of hydrogen-bond acceptors (Lipinski definition) is 4. The number of thiophene rings is 1. The fourth-order valence-electron chi connectivity index (χ4n) is 2.10. The Bertz CT molecular complexity index is 493. The highest BCUT2D eigenvalue weighted by Gasteiger charge is 2.23. The number of rotatable bonds is 9. The maximum atomic E-state index is 12.2. The van der Waals surface area contributed by atoms with Crippen LogP contribution in [0.25, 0.3) is 0 Å². The lowest BCUT2D eigenvalue weighted by Crippen LogP contribution is -2.34. The average Bonchev–Trinajstić information content (AvgIpc) is 3.04. The third-order valence-electron chi connectivity index (χ3n) is 3.42. The Balaban J connectivity index is 1.84. The topological polar surface area (TPSA) is 58.2 Å². The average molecular weight is 316 g/mol. The summed E-state index contributed by atoms with van der Waals surface area (Å²) >= 11 is 1.60. The van der Waals surface area contributed by atoms with Crippen LogP contribution in [0, 0.1) is 5.92 Å². The largest absolute Gasteiger partial charge is 0.314 e. The van der Waals surface area contributed by atoms with Gasteiger partial charge in [-0.1, -0.05) is 19.9 Å². The molecule has 0 aromatic carbocycles. The molecule has 1 unspecified atom stereocenters. The van der Waals surface area contributed by atoms with Crippen molar-refractivity contribution in [1.82, 2.24) is 10.0 Å². The van der Waals surface area contributed by atoms with Crippen molar-refractivity contribution in [3.63, 3.8) is 0 Å². The van der Waals surface area contributed by atoms with Crippen molar-refractivity contribution < 1.29 is 8.42 Å². The van der Waals surface area contributed by atoms with Crippen LogP contribution in [0.5, 0.6) is 0 Å². The second-order valence-corrected chi connectivity index (χ2v) is 8.61. The van der Waals surface area contributed by atoms with Crippen LogP contribution < -0.4 is 10.0 Å². The summed E-state index contributed by atoms with van der Waals surface area (Å²) in [5.41, 5.74) is 0. The van der Waals surface area contributed by atoms with E-state index < -0.39 is 10.0 Å². The van der Waals surface area contributed by atoms with Gasteiger partial charge in [0, 0.05) is 10.9 Å². The Morgan fingerprint density at radius 2 is 2.15 bits per heavy atom. The van der Waals surface area contributed by atoms with Crippen molar-refractivity contribution in [2.24, 2.45) is 5.92 Å². The van der Waals surface area contributed by atoms with E-state index in [4.69, 9.17) is 0 Å². The molecule has 1 aromatic rings. The van der Waals surface area contributed by atoms with Gasteiger partial charge in [0.05, 0.1) is 11.8 Å². The van der Waals surface area contributed by atoms with Gasteiger partial charge in [-0.05, 0) is 43.2 Å². The minimum Gasteiger partial charge on any atom is -0.314 e. The van der Waals surface area contributed by atoms with Crippen LogP contribution in [0.15, 0.2) is 17.5 Å². The molecule has 1 atom stereocenters. The van der Waals surface area contributed by atoms with Crippen LogP contribution in [0.3, 0.4) is 0 Å². The molecule has 2 rings (SSSR count). The molecular weight excluding hydrogens is 292 g/mol. The predicted molar refractivity (Wildman–Crippen MR) is 84.5 cm³/mol. The Kier molecular flexibility index (Phi) is 5.60. The van der Waals surface area contributed by atoms with E-state index in [9.17, 15) is 8.42 Å². The summed E-state index contributed by atoms with van der Waals surface area (Å²) in [6.45, 7) is 4.88. The van der Waals surface area contributed by atoms with Gasteiger partial charge < -0.3 is 5.32 Å². The first-order valence-corrected chi connectivity index (χ1v) is 9.78. The van der Waals surface area contributed by atoms with Gasteiger partial charge in [0.1, 0.15) is 0 Å². The minimum atomic E-state index is -3.21. The van der Waals surface area contributed by atoms with E-state index in [-0.39, 0.29) is 17.7 Å². The van der Waals surface area contributed by atoms with E-state index in [1.165, 1.54) is 12.8 Å². The number of sulfonamides is 1. The summed E-state index contributed by atoms with van der Waals surface area (Å²) in [7, 11) is -3.21. The zero-order valence-electron chi connectivity index (χ0n) is 12.1. The number of nitrogens with one attached hydrogen (secondary N) is 2. The summed E-state index contributed by atoms with van der Waals surface area (Å²) < 4.78 is 27.2. The first kappa shape index (κ1) is 15.9. The van der Waals surface area contributed by atoms with Crippen LogP contribution >= 0.6 is 11.3 Å². The molecule has 0 saturated heterocycles. The third kappa shape index (κ3) is 5.16. The quantitative estimate of drug-likeness (QED) is 0.688. The van der Waals surface area contributed by atoms with Gasteiger partial charge in [-0.2, -0.15) is 0 Å². The number of hydrogen-bond donors (Lipinski definition) is 2. The predicted octanol–water partition coefficient (Wildman–Crippen LogP) is 2.51. The summed E-state index contributed by atoms with van der Waals surface area (Å²) in [4.78, 5) is 1.08. The van der Waals surface area contributed by atoms with Gasteiger partial charge in [0.2, 0.25) is 10.0 Å². The van der Waals surface area contributed by atoms with Crippen LogP contribution in [-0.4, -0.2) is 26.8 Å². The van der Waals surface area contributed by atoms with Gasteiger partial charge >= 0.3 is 0 Å². The van der Waals surface area contributed by atoms with Crippen LogP contribution in [0.2, 0.25) is 0 Å². The maximum Gasteiger partial charge on any atom is 0.212 e. The molecular formula is C14H24N2O2S2. The van der Waals surface area contributed by atoms with Crippen molar-refractivity contribution in [2.45, 2.75) is 45.2 Å². The second kappa shape index (κ2) is 7.02. The lowest BCUT2D eigenvalue weighted by atomic mass is 10.0. The van der Waals surface area contributed by atoms with E-state index in [0.717, 1.165) is 11.4 Å². The first-order valence-electron chi connectivity index (χ1n) is 7.25. The first-order chi connectivity index (χ1) is 9.48. The fraction of sp³-hybridized carbons (Fsp3) is 0.714. The molecule has 1 heterocycles. The van der Waals surface area contributed by atoms with Crippen molar-refractivity contribution in [3.05, 3.63) is 22.4 Å². The van der Waals surface area contributed by atoms with Crippen molar-refractivity contribution in [3.8, 4) is 0 Å². The molecule has 20 heavy (non-hydrogen) atoms. The van der Waals surface area contributed by atoms with Crippen molar-refractivity contribution in [1.29, 1.82) is 0 Å². The molecule has 0 bridgehead atoms. The fourth-order valence-corrected chi connectivity index (χ4v) is 4.55. The maximum absolute atomic E-state index is 12.2. The van der Waals surface area contributed by atoms with E-state index in [0.29, 0.717) is 12.5 Å². The van der Waals surface area contributed by atoms with Gasteiger partial charge in [0.25, 0.3) is 0 Å². The van der Waals surface area contributed by atoms with Crippen molar-refractivity contribution >= 4 is 21.4 Å². The summed E-state index contributed by atoms with van der Waals surface area (Å²) in [5.74, 6) is 0.439. The standard InChI is InChI=1S/C14H24N2O2S2/c1-11(2)14(13-5-3-9-19-13)16-20(17,18)10-4-8-15-12-6-7-12/h3,5,9,11-12,14-16H,4,6-8,10H2,1-2H3. The van der Waals surface area contributed by atoms with Gasteiger partial charge in [0.15, 0.2) is 0 Å². The van der Waals surface area contributed by atoms with E-state index in [1.807, 2.05) is 31.4 Å². The Morgan fingerprint density at radius 3 is 2.70 bits per heavy atom. The molecule has 114 valence electrons. The molecule has 0 spiro atoms. The molecule has 1 fully saturated rings. The molecule has 6 heteroatoms. The summed E-state index contributed by atoms with van der Waals surface area (Å²) in [5, 5.41) is 5.33. The minimum absolute atomic E-state index is 0.114. The molecule has 1 aromatic heterocycles. The lowest BCUT2D eigenvalue weighted by molar-refractivity contribution is 0.468.